The topological polar surface area (TPSA) is 29.5 Å². The molecule has 0 saturated heterocycles. The van der Waals surface area contributed by atoms with Gasteiger partial charge in [0.2, 0.25) is 0 Å². The lowest BCUT2D eigenvalue weighted by Gasteiger charge is -2.16. The van der Waals surface area contributed by atoms with Gasteiger partial charge in [0.15, 0.2) is 0 Å². The number of aliphatic hydroxyl groups excluding tert-OH is 1. The number of hydrogen-bond acceptors (Lipinski definition) is 2. The predicted octanol–water partition coefficient (Wildman–Crippen LogP) is 3.66. The van der Waals surface area contributed by atoms with Crippen molar-refractivity contribution in [1.29, 1.82) is 0 Å². The molecule has 0 radical (unpaired) electrons. The Morgan fingerprint density at radius 2 is 2.12 bits per heavy atom. The summed E-state index contributed by atoms with van der Waals surface area (Å²) in [4.78, 5) is 0. The molecule has 0 aromatic heterocycles. The lowest BCUT2D eigenvalue weighted by atomic mass is 10.0. The zero-order chi connectivity index (χ0) is 12.1. The first-order valence-corrected chi connectivity index (χ1v) is 6.68. The van der Waals surface area contributed by atoms with Gasteiger partial charge in [0, 0.05) is 5.02 Å². The van der Waals surface area contributed by atoms with Gasteiger partial charge in [-0.25, -0.2) is 0 Å². The molecule has 2 rings (SSSR count). The van der Waals surface area contributed by atoms with Crippen LogP contribution in [0.15, 0.2) is 24.3 Å². The van der Waals surface area contributed by atoms with Crippen molar-refractivity contribution in [1.82, 2.24) is 0 Å². The summed E-state index contributed by atoms with van der Waals surface area (Å²) < 4.78 is 5.52. The second kappa shape index (κ2) is 6.27. The van der Waals surface area contributed by atoms with E-state index in [9.17, 15) is 5.11 Å². The molecule has 1 fully saturated rings. The number of rotatable bonds is 5. The number of ether oxygens (including phenoxy) is 1. The van der Waals surface area contributed by atoms with E-state index in [1.807, 2.05) is 18.2 Å². The van der Waals surface area contributed by atoms with Crippen molar-refractivity contribution in [2.75, 3.05) is 6.61 Å². The molecule has 3 heteroatoms. The van der Waals surface area contributed by atoms with Gasteiger partial charge in [0.25, 0.3) is 0 Å². The molecule has 1 unspecified atom stereocenters. The summed E-state index contributed by atoms with van der Waals surface area (Å²) in [5, 5.41) is 10.5. The van der Waals surface area contributed by atoms with Crippen molar-refractivity contribution < 1.29 is 9.84 Å². The van der Waals surface area contributed by atoms with Gasteiger partial charge in [-0.2, -0.15) is 0 Å². The van der Waals surface area contributed by atoms with Gasteiger partial charge in [-0.1, -0.05) is 43.4 Å². The summed E-state index contributed by atoms with van der Waals surface area (Å²) in [7, 11) is 0. The van der Waals surface area contributed by atoms with E-state index < -0.39 is 0 Å². The Balaban J connectivity index is 1.73. The Labute approximate surface area is 108 Å². The Bertz CT molecular complexity index is 348. The van der Waals surface area contributed by atoms with Crippen molar-refractivity contribution in [3.05, 3.63) is 29.3 Å². The first-order valence-electron chi connectivity index (χ1n) is 6.30. The summed E-state index contributed by atoms with van der Waals surface area (Å²) in [6.07, 6.45) is 5.64. The minimum atomic E-state index is -0.364. The van der Waals surface area contributed by atoms with E-state index in [-0.39, 0.29) is 6.10 Å². The Morgan fingerprint density at radius 3 is 2.82 bits per heavy atom. The second-order valence-electron chi connectivity index (χ2n) is 4.81. The zero-order valence-corrected chi connectivity index (χ0v) is 10.7. The number of benzene rings is 1. The molecule has 0 amide bonds. The van der Waals surface area contributed by atoms with E-state index in [2.05, 4.69) is 0 Å². The minimum Gasteiger partial charge on any atom is -0.491 e. The molecule has 1 saturated carbocycles. The van der Waals surface area contributed by atoms with Crippen molar-refractivity contribution >= 4 is 11.6 Å². The van der Waals surface area contributed by atoms with Crippen LogP contribution in [0.1, 0.15) is 32.1 Å². The van der Waals surface area contributed by atoms with Gasteiger partial charge in [-0.3, -0.25) is 0 Å². The highest BCUT2D eigenvalue weighted by atomic mass is 35.5. The average molecular weight is 255 g/mol. The zero-order valence-electron chi connectivity index (χ0n) is 9.94. The second-order valence-corrected chi connectivity index (χ2v) is 5.24. The number of aliphatic hydroxyl groups is 1. The highest BCUT2D eigenvalue weighted by Gasteiger charge is 2.19. The Morgan fingerprint density at radius 1 is 1.35 bits per heavy atom. The molecule has 2 nitrogen and oxygen atoms in total. The fraction of sp³-hybridized carbons (Fsp3) is 0.571. The van der Waals surface area contributed by atoms with Crippen LogP contribution in [0.2, 0.25) is 5.02 Å². The number of halogens is 1. The molecule has 1 aromatic rings. The fourth-order valence-electron chi connectivity index (χ4n) is 2.45. The fourth-order valence-corrected chi connectivity index (χ4v) is 2.63. The largest absolute Gasteiger partial charge is 0.491 e. The molecular formula is C14H19ClO2. The quantitative estimate of drug-likeness (QED) is 0.869. The smallest absolute Gasteiger partial charge is 0.120 e. The molecule has 0 aliphatic heterocycles. The van der Waals surface area contributed by atoms with Crippen LogP contribution in [0.25, 0.3) is 0 Å². The van der Waals surface area contributed by atoms with E-state index in [1.54, 1.807) is 6.07 Å². The van der Waals surface area contributed by atoms with Gasteiger partial charge in [0.1, 0.15) is 12.4 Å². The molecule has 1 atom stereocenters. The van der Waals surface area contributed by atoms with E-state index in [1.165, 1.54) is 25.7 Å². The summed E-state index contributed by atoms with van der Waals surface area (Å²) in [5.41, 5.74) is 0. The predicted molar refractivity (Wildman–Crippen MR) is 69.5 cm³/mol. The van der Waals surface area contributed by atoms with Crippen molar-refractivity contribution in [3.8, 4) is 5.75 Å². The highest BCUT2D eigenvalue weighted by molar-refractivity contribution is 6.30. The molecule has 0 spiro atoms. The van der Waals surface area contributed by atoms with Crippen molar-refractivity contribution in [2.24, 2.45) is 5.92 Å². The van der Waals surface area contributed by atoms with Crippen LogP contribution in [0, 0.1) is 5.92 Å². The van der Waals surface area contributed by atoms with Gasteiger partial charge < -0.3 is 9.84 Å². The first kappa shape index (κ1) is 12.7. The van der Waals surface area contributed by atoms with Gasteiger partial charge in [-0.15, -0.1) is 0 Å². The molecule has 1 aliphatic carbocycles. The Hall–Kier alpha value is -0.730. The normalized spacial score (nSPS) is 18.2. The third-order valence-electron chi connectivity index (χ3n) is 3.32. The van der Waals surface area contributed by atoms with Gasteiger partial charge >= 0.3 is 0 Å². The Kier molecular flexibility index (Phi) is 4.69. The van der Waals surface area contributed by atoms with E-state index in [0.717, 1.165) is 12.2 Å². The number of hydrogen-bond donors (Lipinski definition) is 1. The molecule has 0 bridgehead atoms. The first-order chi connectivity index (χ1) is 8.24. The van der Waals surface area contributed by atoms with E-state index in [0.29, 0.717) is 17.5 Å². The molecule has 0 heterocycles. The summed E-state index contributed by atoms with van der Waals surface area (Å²) in [6.45, 7) is 0.358. The van der Waals surface area contributed by atoms with E-state index in [4.69, 9.17) is 16.3 Å². The highest BCUT2D eigenvalue weighted by Crippen LogP contribution is 2.28. The standard InChI is InChI=1S/C14H19ClO2/c15-12-6-3-7-14(9-12)17-10-13(16)8-11-4-1-2-5-11/h3,6-7,9,11,13,16H,1-2,4-5,8,10H2. The SMILES string of the molecule is OC(COc1cccc(Cl)c1)CC1CCCC1. The van der Waals surface area contributed by atoms with Crippen LogP contribution >= 0.6 is 11.6 Å². The third-order valence-corrected chi connectivity index (χ3v) is 3.55. The molecule has 1 aliphatic rings. The maximum Gasteiger partial charge on any atom is 0.120 e. The van der Waals surface area contributed by atoms with Crippen molar-refractivity contribution in [2.45, 2.75) is 38.2 Å². The molecule has 1 N–H and O–H groups in total. The monoisotopic (exact) mass is 254 g/mol. The van der Waals surface area contributed by atoms with Crippen molar-refractivity contribution in [3.63, 3.8) is 0 Å². The lowest BCUT2D eigenvalue weighted by Crippen LogP contribution is -2.20. The van der Waals surface area contributed by atoms with Crippen LogP contribution in [0.5, 0.6) is 5.75 Å². The molecule has 17 heavy (non-hydrogen) atoms. The minimum absolute atomic E-state index is 0.358. The maximum atomic E-state index is 9.88. The molecule has 1 aromatic carbocycles. The average Bonchev–Trinajstić information content (AvgIpc) is 2.79. The van der Waals surface area contributed by atoms with Crippen LogP contribution in [0.3, 0.4) is 0 Å². The summed E-state index contributed by atoms with van der Waals surface area (Å²) in [5.74, 6) is 1.41. The van der Waals surface area contributed by atoms with Crippen LogP contribution in [-0.2, 0) is 0 Å². The van der Waals surface area contributed by atoms with Crippen LogP contribution < -0.4 is 4.74 Å². The van der Waals surface area contributed by atoms with Crippen LogP contribution in [-0.4, -0.2) is 17.8 Å². The summed E-state index contributed by atoms with van der Waals surface area (Å²) in [6, 6.07) is 7.28. The maximum absolute atomic E-state index is 9.88. The van der Waals surface area contributed by atoms with Crippen LogP contribution in [0.4, 0.5) is 0 Å². The van der Waals surface area contributed by atoms with E-state index >= 15 is 0 Å². The molecule has 94 valence electrons. The van der Waals surface area contributed by atoms with Gasteiger partial charge in [-0.05, 0) is 30.5 Å². The molecular weight excluding hydrogens is 236 g/mol. The van der Waals surface area contributed by atoms with Gasteiger partial charge in [0.05, 0.1) is 6.10 Å². The summed E-state index contributed by atoms with van der Waals surface area (Å²) >= 11 is 5.86. The lowest BCUT2D eigenvalue weighted by molar-refractivity contribution is 0.0855. The third kappa shape index (κ3) is 4.21.